The summed E-state index contributed by atoms with van der Waals surface area (Å²) < 4.78 is 4.96. The highest BCUT2D eigenvalue weighted by atomic mass is 16.5. The first-order valence-electron chi connectivity index (χ1n) is 7.88. The summed E-state index contributed by atoms with van der Waals surface area (Å²) in [7, 11) is 1.41. The Bertz CT molecular complexity index is 1060. The number of hydrogen-bond acceptors (Lipinski definition) is 2. The van der Waals surface area contributed by atoms with Crippen LogP contribution >= 0.6 is 0 Å². The van der Waals surface area contributed by atoms with E-state index in [9.17, 15) is 4.79 Å². The molecule has 4 aromatic rings. The molecule has 0 aromatic heterocycles. The van der Waals surface area contributed by atoms with Crippen LogP contribution in [0.2, 0.25) is 0 Å². The van der Waals surface area contributed by atoms with Gasteiger partial charge in [0.1, 0.15) is 0 Å². The Hall–Kier alpha value is -3.13. The van der Waals surface area contributed by atoms with E-state index in [4.69, 9.17) is 4.74 Å². The van der Waals surface area contributed by atoms with Crippen LogP contribution in [0.15, 0.2) is 78.9 Å². The molecule has 0 atom stereocenters. The molecule has 0 unspecified atom stereocenters. The van der Waals surface area contributed by atoms with Gasteiger partial charge in [0.05, 0.1) is 12.7 Å². The lowest BCUT2D eigenvalue weighted by Crippen LogP contribution is -2.03. The molecule has 0 aliphatic rings. The van der Waals surface area contributed by atoms with Gasteiger partial charge in [-0.15, -0.1) is 0 Å². The van der Waals surface area contributed by atoms with Crippen molar-refractivity contribution in [3.63, 3.8) is 0 Å². The molecule has 4 aromatic carbocycles. The third-order valence-corrected chi connectivity index (χ3v) is 4.39. The summed E-state index contributed by atoms with van der Waals surface area (Å²) in [4.78, 5) is 12.2. The van der Waals surface area contributed by atoms with Crippen LogP contribution in [0.4, 0.5) is 0 Å². The van der Waals surface area contributed by atoms with Crippen LogP contribution in [-0.4, -0.2) is 13.1 Å². The van der Waals surface area contributed by atoms with Crippen LogP contribution < -0.4 is 0 Å². The van der Waals surface area contributed by atoms with E-state index >= 15 is 0 Å². The third kappa shape index (κ3) is 2.24. The van der Waals surface area contributed by atoms with E-state index < -0.39 is 0 Å². The lowest BCUT2D eigenvalue weighted by molar-refractivity contribution is 0.0601. The van der Waals surface area contributed by atoms with Crippen molar-refractivity contribution in [1.82, 2.24) is 0 Å². The number of benzene rings is 4. The zero-order valence-electron chi connectivity index (χ0n) is 13.3. The Kier molecular flexibility index (Phi) is 3.51. The maximum Gasteiger partial charge on any atom is 0.338 e. The minimum absolute atomic E-state index is 0.317. The van der Waals surface area contributed by atoms with Crippen molar-refractivity contribution >= 4 is 27.5 Å². The summed E-state index contributed by atoms with van der Waals surface area (Å²) in [5.74, 6) is -0.317. The normalized spacial score (nSPS) is 10.9. The average Bonchev–Trinajstić information content (AvgIpc) is 2.67. The molecule has 0 heterocycles. The lowest BCUT2D eigenvalue weighted by atomic mass is 9.91. The summed E-state index contributed by atoms with van der Waals surface area (Å²) in [5.41, 5.74) is 2.53. The van der Waals surface area contributed by atoms with Crippen molar-refractivity contribution in [2.75, 3.05) is 7.11 Å². The van der Waals surface area contributed by atoms with Crippen LogP contribution in [0.5, 0.6) is 0 Å². The Labute approximate surface area is 140 Å². The molecule has 0 fully saturated rings. The van der Waals surface area contributed by atoms with Gasteiger partial charge < -0.3 is 4.74 Å². The van der Waals surface area contributed by atoms with Crippen molar-refractivity contribution in [2.24, 2.45) is 0 Å². The molecule has 0 radical (unpaired) electrons. The Morgan fingerprint density at radius 2 is 1.33 bits per heavy atom. The van der Waals surface area contributed by atoms with E-state index in [1.807, 2.05) is 42.5 Å². The molecule has 0 spiro atoms. The third-order valence-electron chi connectivity index (χ3n) is 4.39. The molecular formula is C22H16O2. The second-order valence-corrected chi connectivity index (χ2v) is 5.73. The highest BCUT2D eigenvalue weighted by molar-refractivity contribution is 6.15. The Morgan fingerprint density at radius 1 is 0.708 bits per heavy atom. The SMILES string of the molecule is COC(=O)c1ccccc1-c1cc2ccccc2c2ccccc12. The Morgan fingerprint density at radius 3 is 2.12 bits per heavy atom. The van der Waals surface area contributed by atoms with Gasteiger partial charge in [-0.05, 0) is 44.8 Å². The second-order valence-electron chi connectivity index (χ2n) is 5.73. The predicted molar refractivity (Wildman–Crippen MR) is 98.2 cm³/mol. The minimum atomic E-state index is -0.317. The van der Waals surface area contributed by atoms with Gasteiger partial charge in [-0.25, -0.2) is 4.79 Å². The number of ether oxygens (including phenoxy) is 1. The zero-order valence-corrected chi connectivity index (χ0v) is 13.3. The van der Waals surface area contributed by atoms with Gasteiger partial charge in [0.2, 0.25) is 0 Å². The van der Waals surface area contributed by atoms with Crippen LogP contribution in [0.25, 0.3) is 32.7 Å². The predicted octanol–water partition coefficient (Wildman–Crippen LogP) is 5.45. The van der Waals surface area contributed by atoms with Gasteiger partial charge in [0.25, 0.3) is 0 Å². The first-order valence-corrected chi connectivity index (χ1v) is 7.88. The van der Waals surface area contributed by atoms with Crippen molar-refractivity contribution in [3.05, 3.63) is 84.4 Å². The molecule has 116 valence electrons. The van der Waals surface area contributed by atoms with E-state index in [1.165, 1.54) is 17.9 Å². The van der Waals surface area contributed by atoms with E-state index in [1.54, 1.807) is 0 Å². The molecule has 0 saturated carbocycles. The number of hydrogen-bond donors (Lipinski definition) is 0. The first kappa shape index (κ1) is 14.5. The summed E-state index contributed by atoms with van der Waals surface area (Å²) in [5, 5.41) is 4.69. The molecule has 2 heteroatoms. The van der Waals surface area contributed by atoms with Gasteiger partial charge in [0, 0.05) is 0 Å². The molecular weight excluding hydrogens is 296 g/mol. The number of esters is 1. The van der Waals surface area contributed by atoms with Gasteiger partial charge >= 0.3 is 5.97 Å². The van der Waals surface area contributed by atoms with Crippen LogP contribution in [0.1, 0.15) is 10.4 Å². The molecule has 0 aliphatic heterocycles. The quantitative estimate of drug-likeness (QED) is 0.363. The smallest absolute Gasteiger partial charge is 0.338 e. The van der Waals surface area contributed by atoms with Gasteiger partial charge in [-0.2, -0.15) is 0 Å². The summed E-state index contributed by atoms with van der Waals surface area (Å²) in [6.07, 6.45) is 0. The molecule has 24 heavy (non-hydrogen) atoms. The molecule has 2 nitrogen and oxygen atoms in total. The maximum atomic E-state index is 12.2. The molecule has 0 bridgehead atoms. The number of methoxy groups -OCH3 is 1. The highest BCUT2D eigenvalue weighted by Crippen LogP contribution is 2.36. The fourth-order valence-electron chi connectivity index (χ4n) is 3.28. The van der Waals surface area contributed by atoms with Crippen molar-refractivity contribution < 1.29 is 9.53 Å². The van der Waals surface area contributed by atoms with E-state index in [2.05, 4.69) is 36.4 Å². The molecule has 0 amide bonds. The lowest BCUT2D eigenvalue weighted by Gasteiger charge is -2.13. The topological polar surface area (TPSA) is 26.3 Å². The van der Waals surface area contributed by atoms with E-state index in [-0.39, 0.29) is 5.97 Å². The van der Waals surface area contributed by atoms with Crippen molar-refractivity contribution in [1.29, 1.82) is 0 Å². The monoisotopic (exact) mass is 312 g/mol. The van der Waals surface area contributed by atoms with E-state index in [0.717, 1.165) is 21.9 Å². The summed E-state index contributed by atoms with van der Waals surface area (Å²) in [6, 6.07) is 26.4. The summed E-state index contributed by atoms with van der Waals surface area (Å²) >= 11 is 0. The van der Waals surface area contributed by atoms with Gasteiger partial charge in [-0.3, -0.25) is 0 Å². The van der Waals surface area contributed by atoms with Crippen molar-refractivity contribution in [3.8, 4) is 11.1 Å². The first-order chi connectivity index (χ1) is 11.8. The van der Waals surface area contributed by atoms with Crippen LogP contribution in [-0.2, 0) is 4.74 Å². The second kappa shape index (κ2) is 5.82. The van der Waals surface area contributed by atoms with E-state index in [0.29, 0.717) is 5.56 Å². The fourth-order valence-corrected chi connectivity index (χ4v) is 3.28. The molecule has 0 aliphatic carbocycles. The highest BCUT2D eigenvalue weighted by Gasteiger charge is 2.15. The van der Waals surface area contributed by atoms with Gasteiger partial charge in [0.15, 0.2) is 0 Å². The van der Waals surface area contributed by atoms with Gasteiger partial charge in [-0.1, -0.05) is 66.7 Å². The molecule has 0 saturated heterocycles. The van der Waals surface area contributed by atoms with Crippen LogP contribution in [0, 0.1) is 0 Å². The number of fused-ring (bicyclic) bond motifs is 3. The number of rotatable bonds is 2. The standard InChI is InChI=1S/C22H16O2/c1-24-22(23)20-13-7-6-12-19(20)21-14-15-8-2-3-9-16(15)17-10-4-5-11-18(17)21/h2-14H,1H3. The van der Waals surface area contributed by atoms with Crippen LogP contribution in [0.3, 0.4) is 0 Å². The molecule has 0 N–H and O–H groups in total. The largest absolute Gasteiger partial charge is 0.465 e. The number of carbonyl (C=O) groups excluding carboxylic acids is 1. The molecule has 4 rings (SSSR count). The Balaban J connectivity index is 2.12. The fraction of sp³-hybridized carbons (Fsp3) is 0.0455. The average molecular weight is 312 g/mol. The number of carbonyl (C=O) groups is 1. The zero-order chi connectivity index (χ0) is 16.5. The summed E-state index contributed by atoms with van der Waals surface area (Å²) in [6.45, 7) is 0. The maximum absolute atomic E-state index is 12.2. The van der Waals surface area contributed by atoms with Crippen molar-refractivity contribution in [2.45, 2.75) is 0 Å². The minimum Gasteiger partial charge on any atom is -0.465 e.